The first-order valence-electron chi connectivity index (χ1n) is 7.91. The standard InChI is InChI=1S/C18H14FN5O3S/c19-11-3-7-13(8-4-11)22-17(27)24-18-23-14(9-28-18)16(26)21-12-5-1-10(2-6-12)15(20)25/h1-9H,(H2,20,25)(H,21,26)(H2,22,23,24,27). The number of hydrogen-bond acceptors (Lipinski definition) is 5. The van der Waals surface area contributed by atoms with E-state index in [9.17, 15) is 18.8 Å². The maximum absolute atomic E-state index is 12.9. The minimum atomic E-state index is -0.574. The number of aromatic nitrogens is 1. The number of amides is 4. The molecule has 2 aromatic carbocycles. The van der Waals surface area contributed by atoms with Crippen molar-refractivity contribution in [3.8, 4) is 0 Å². The SMILES string of the molecule is NC(=O)c1ccc(NC(=O)c2csc(NC(=O)Nc3ccc(F)cc3)n2)cc1. The summed E-state index contributed by atoms with van der Waals surface area (Å²) in [6.45, 7) is 0. The molecule has 0 radical (unpaired) electrons. The molecule has 0 aliphatic carbocycles. The smallest absolute Gasteiger partial charge is 0.325 e. The van der Waals surface area contributed by atoms with Gasteiger partial charge in [-0.25, -0.2) is 14.2 Å². The Balaban J connectivity index is 1.58. The van der Waals surface area contributed by atoms with E-state index < -0.39 is 23.7 Å². The van der Waals surface area contributed by atoms with E-state index in [1.165, 1.54) is 41.8 Å². The molecule has 28 heavy (non-hydrogen) atoms. The van der Waals surface area contributed by atoms with Crippen LogP contribution in [-0.2, 0) is 0 Å². The molecule has 0 unspecified atom stereocenters. The fourth-order valence-electron chi connectivity index (χ4n) is 2.14. The summed E-state index contributed by atoms with van der Waals surface area (Å²) in [4.78, 5) is 39.3. The molecule has 3 aromatic rings. The summed E-state index contributed by atoms with van der Waals surface area (Å²) in [5.41, 5.74) is 6.47. The number of carbonyl (C=O) groups is 3. The Hall–Kier alpha value is -3.79. The molecule has 0 saturated heterocycles. The molecule has 1 heterocycles. The molecule has 0 atom stereocenters. The van der Waals surface area contributed by atoms with Gasteiger partial charge in [-0.3, -0.25) is 14.9 Å². The van der Waals surface area contributed by atoms with Crippen LogP contribution >= 0.6 is 11.3 Å². The van der Waals surface area contributed by atoms with Gasteiger partial charge in [-0.1, -0.05) is 0 Å². The van der Waals surface area contributed by atoms with Crippen LogP contribution in [0.15, 0.2) is 53.9 Å². The minimum absolute atomic E-state index is 0.112. The Kier molecular flexibility index (Phi) is 5.61. The second-order valence-corrected chi connectivity index (χ2v) is 6.38. The van der Waals surface area contributed by atoms with Crippen molar-refractivity contribution in [2.75, 3.05) is 16.0 Å². The third-order valence-corrected chi connectivity index (χ3v) is 4.24. The first-order chi connectivity index (χ1) is 13.4. The first kappa shape index (κ1) is 19.0. The third-order valence-electron chi connectivity index (χ3n) is 3.49. The third kappa shape index (κ3) is 4.89. The predicted octanol–water partition coefficient (Wildman–Crippen LogP) is 3.28. The monoisotopic (exact) mass is 399 g/mol. The molecule has 0 saturated carbocycles. The number of rotatable bonds is 5. The number of primary amides is 1. The van der Waals surface area contributed by atoms with Crippen LogP contribution in [0.2, 0.25) is 0 Å². The average Bonchev–Trinajstić information content (AvgIpc) is 3.12. The first-order valence-corrected chi connectivity index (χ1v) is 8.79. The van der Waals surface area contributed by atoms with E-state index in [1.807, 2.05) is 0 Å². The van der Waals surface area contributed by atoms with E-state index in [-0.39, 0.29) is 10.8 Å². The second kappa shape index (κ2) is 8.27. The van der Waals surface area contributed by atoms with Crippen molar-refractivity contribution in [2.45, 2.75) is 0 Å². The number of benzene rings is 2. The number of thiazole rings is 1. The van der Waals surface area contributed by atoms with Gasteiger partial charge in [-0.05, 0) is 48.5 Å². The fourth-order valence-corrected chi connectivity index (χ4v) is 2.83. The van der Waals surface area contributed by atoms with Gasteiger partial charge in [-0.15, -0.1) is 11.3 Å². The Morgan fingerprint density at radius 2 is 1.50 bits per heavy atom. The van der Waals surface area contributed by atoms with Crippen LogP contribution < -0.4 is 21.7 Å². The zero-order valence-electron chi connectivity index (χ0n) is 14.2. The molecular formula is C18H14FN5O3S. The molecule has 0 fully saturated rings. The van der Waals surface area contributed by atoms with E-state index in [2.05, 4.69) is 20.9 Å². The van der Waals surface area contributed by atoms with Gasteiger partial charge in [0.1, 0.15) is 11.5 Å². The summed E-state index contributed by atoms with van der Waals surface area (Å²) in [6, 6.07) is 10.8. The number of hydrogen-bond donors (Lipinski definition) is 4. The van der Waals surface area contributed by atoms with Crippen molar-refractivity contribution in [3.63, 3.8) is 0 Å². The number of nitrogens with zero attached hydrogens (tertiary/aromatic N) is 1. The fraction of sp³-hybridized carbons (Fsp3) is 0. The molecule has 1 aromatic heterocycles. The lowest BCUT2D eigenvalue weighted by Gasteiger charge is -2.05. The highest BCUT2D eigenvalue weighted by Crippen LogP contribution is 2.18. The zero-order valence-corrected chi connectivity index (χ0v) is 15.0. The van der Waals surface area contributed by atoms with Crippen molar-refractivity contribution >= 4 is 45.7 Å². The van der Waals surface area contributed by atoms with Crippen molar-refractivity contribution in [2.24, 2.45) is 5.73 Å². The second-order valence-electron chi connectivity index (χ2n) is 5.52. The number of carbonyl (C=O) groups excluding carboxylic acids is 3. The van der Waals surface area contributed by atoms with Crippen molar-refractivity contribution in [1.29, 1.82) is 0 Å². The predicted molar refractivity (Wildman–Crippen MR) is 104 cm³/mol. The van der Waals surface area contributed by atoms with Gasteiger partial charge in [0.25, 0.3) is 5.91 Å². The average molecular weight is 399 g/mol. The minimum Gasteiger partial charge on any atom is -0.366 e. The Morgan fingerprint density at radius 1 is 0.893 bits per heavy atom. The Bertz CT molecular complexity index is 1020. The number of anilines is 3. The molecule has 0 aliphatic rings. The summed E-state index contributed by atoms with van der Waals surface area (Å²) in [6.07, 6.45) is 0. The Labute approximate surface area is 162 Å². The quantitative estimate of drug-likeness (QED) is 0.525. The summed E-state index contributed by atoms with van der Waals surface area (Å²) in [7, 11) is 0. The number of halogens is 1. The lowest BCUT2D eigenvalue weighted by atomic mass is 10.2. The molecule has 4 amide bonds. The van der Waals surface area contributed by atoms with Crippen LogP contribution in [0.5, 0.6) is 0 Å². The largest absolute Gasteiger partial charge is 0.366 e. The molecule has 3 rings (SSSR count). The molecule has 0 spiro atoms. The van der Waals surface area contributed by atoms with E-state index in [0.717, 1.165) is 11.3 Å². The van der Waals surface area contributed by atoms with Gasteiger partial charge >= 0.3 is 6.03 Å². The normalized spacial score (nSPS) is 10.2. The van der Waals surface area contributed by atoms with Gasteiger partial charge in [0.05, 0.1) is 0 Å². The molecule has 0 bridgehead atoms. The van der Waals surface area contributed by atoms with Gasteiger partial charge in [0.15, 0.2) is 5.13 Å². The van der Waals surface area contributed by atoms with Crippen molar-refractivity contribution in [1.82, 2.24) is 4.98 Å². The highest BCUT2D eigenvalue weighted by atomic mass is 32.1. The van der Waals surface area contributed by atoms with E-state index in [1.54, 1.807) is 12.1 Å². The molecule has 8 nitrogen and oxygen atoms in total. The zero-order chi connectivity index (χ0) is 20.1. The van der Waals surface area contributed by atoms with E-state index in [0.29, 0.717) is 16.9 Å². The summed E-state index contributed by atoms with van der Waals surface area (Å²) in [5, 5.41) is 9.35. The van der Waals surface area contributed by atoms with E-state index >= 15 is 0 Å². The maximum Gasteiger partial charge on any atom is 0.325 e. The lowest BCUT2D eigenvalue weighted by molar-refractivity contribution is 0.0998. The van der Waals surface area contributed by atoms with Crippen LogP contribution in [0.25, 0.3) is 0 Å². The topological polar surface area (TPSA) is 126 Å². The van der Waals surface area contributed by atoms with Crippen molar-refractivity contribution in [3.05, 3.63) is 71.0 Å². The van der Waals surface area contributed by atoms with E-state index in [4.69, 9.17) is 5.73 Å². The highest BCUT2D eigenvalue weighted by molar-refractivity contribution is 7.14. The van der Waals surface area contributed by atoms with Crippen LogP contribution in [0, 0.1) is 5.82 Å². The number of nitrogens with two attached hydrogens (primary N) is 1. The van der Waals surface area contributed by atoms with Gasteiger partial charge in [0, 0.05) is 22.3 Å². The molecule has 5 N–H and O–H groups in total. The summed E-state index contributed by atoms with van der Waals surface area (Å²) >= 11 is 1.07. The molecule has 142 valence electrons. The van der Waals surface area contributed by atoms with Gasteiger partial charge < -0.3 is 16.4 Å². The molecule has 10 heteroatoms. The van der Waals surface area contributed by atoms with Crippen LogP contribution in [0.4, 0.5) is 25.7 Å². The van der Waals surface area contributed by atoms with Crippen LogP contribution in [0.3, 0.4) is 0 Å². The van der Waals surface area contributed by atoms with Crippen LogP contribution in [-0.4, -0.2) is 22.8 Å². The lowest BCUT2D eigenvalue weighted by Crippen LogP contribution is -2.19. The highest BCUT2D eigenvalue weighted by Gasteiger charge is 2.13. The van der Waals surface area contributed by atoms with Gasteiger partial charge in [0.2, 0.25) is 5.91 Å². The maximum atomic E-state index is 12.9. The summed E-state index contributed by atoms with van der Waals surface area (Å²) < 4.78 is 12.9. The number of urea groups is 1. The molecule has 0 aliphatic heterocycles. The number of nitrogens with one attached hydrogen (secondary N) is 3. The van der Waals surface area contributed by atoms with Crippen LogP contribution in [0.1, 0.15) is 20.8 Å². The summed E-state index contributed by atoms with van der Waals surface area (Å²) in [5.74, 6) is -1.45. The molecular weight excluding hydrogens is 385 g/mol. The van der Waals surface area contributed by atoms with Gasteiger partial charge in [-0.2, -0.15) is 0 Å². The Morgan fingerprint density at radius 3 is 2.14 bits per heavy atom. The van der Waals surface area contributed by atoms with Crippen molar-refractivity contribution < 1.29 is 18.8 Å².